The first-order valence-electron chi connectivity index (χ1n) is 29.2. The predicted octanol–water partition coefficient (Wildman–Crippen LogP) is 12.2. The van der Waals surface area contributed by atoms with Crippen molar-refractivity contribution in [3.8, 4) is 0 Å². The molecule has 0 spiro atoms. The molecule has 8 aliphatic heterocycles. The summed E-state index contributed by atoms with van der Waals surface area (Å²) in [5, 5.41) is 0. The Labute approximate surface area is 439 Å². The van der Waals surface area contributed by atoms with E-state index in [4.69, 9.17) is 51.2 Å². The fraction of sp³-hybridized carbons (Fsp3) is 0.877. The fourth-order valence-corrected chi connectivity index (χ4v) is 22.5. The van der Waals surface area contributed by atoms with Gasteiger partial charge in [-0.3, -0.25) is 0 Å². The highest BCUT2D eigenvalue weighted by atomic mass is 28.4. The van der Waals surface area contributed by atoms with Crippen molar-refractivity contribution in [1.29, 1.82) is 0 Å². The highest BCUT2D eigenvalue weighted by Crippen LogP contribution is 2.54. The monoisotopic (exact) mass is 1060 g/mol. The zero-order chi connectivity index (χ0) is 52.0. The van der Waals surface area contributed by atoms with Crippen LogP contribution in [0.3, 0.4) is 0 Å². The molecular weight excluding hydrogens is 961 g/mol. The zero-order valence-electron chi connectivity index (χ0n) is 46.8. The molecule has 0 N–H and O–H groups in total. The molecule has 412 valence electrons. The van der Waals surface area contributed by atoms with Gasteiger partial charge in [-0.1, -0.05) is 88.5 Å². The topological polar surface area (TPSA) is 119 Å². The standard InChI is InChI=1S/C57H100O12Si3/c1-15-25-46-53(69-72(22-8,23-9)24-10)56-55-54(64-46)52-50(65-55)36-57(66-52,67-56)30-28-42-33-39(12)45(61-42)27-26-41-32-38(11)40(13)47(62-41)35-48-44(29-31-58)51(59-14)49(63-48)34-43(68-71(19-5,20-6)21-7)37-60-70(16-2,17-3)18-4/h15,31,38,41-56H,1,12-13,16-30,32-37H2,2-11,14H3/t38?,41?,42?,43?,44?,45?,46?,47?,48-,49+,50+,51+,52?,53?,54-,55?,56?,57-/m0/s1. The lowest BCUT2D eigenvalue weighted by atomic mass is 9.82. The number of rotatable bonds is 31. The smallest absolute Gasteiger partial charge is 0.192 e. The highest BCUT2D eigenvalue weighted by Gasteiger charge is 2.68. The third kappa shape index (κ3) is 12.5. The number of methoxy groups -OCH3 is 1. The van der Waals surface area contributed by atoms with Crippen molar-refractivity contribution in [3.05, 3.63) is 37.0 Å². The summed E-state index contributed by atoms with van der Waals surface area (Å²) in [6.07, 6.45) is 8.89. The van der Waals surface area contributed by atoms with Gasteiger partial charge in [0.15, 0.2) is 30.7 Å². The molecule has 8 rings (SSSR count). The minimum absolute atomic E-state index is 0.0317. The molecule has 0 radical (unpaired) electrons. The van der Waals surface area contributed by atoms with Gasteiger partial charge in [0.1, 0.15) is 36.8 Å². The van der Waals surface area contributed by atoms with Gasteiger partial charge >= 0.3 is 0 Å². The van der Waals surface area contributed by atoms with Crippen LogP contribution in [0, 0.1) is 11.8 Å². The first kappa shape index (κ1) is 58.8. The van der Waals surface area contributed by atoms with Crippen LogP contribution in [-0.2, 0) is 56.0 Å². The van der Waals surface area contributed by atoms with Crippen LogP contribution in [-0.4, -0.2) is 142 Å². The second-order valence-electron chi connectivity index (χ2n) is 23.1. The molecule has 0 aromatic rings. The largest absolute Gasteiger partial charge is 0.414 e. The molecule has 0 aromatic carbocycles. The maximum Gasteiger partial charge on any atom is 0.192 e. The van der Waals surface area contributed by atoms with Crippen LogP contribution in [0.1, 0.15) is 140 Å². The first-order valence-corrected chi connectivity index (χ1v) is 36.8. The minimum atomic E-state index is -2.00. The minimum Gasteiger partial charge on any atom is -0.414 e. The van der Waals surface area contributed by atoms with E-state index in [1.165, 1.54) is 0 Å². The van der Waals surface area contributed by atoms with Crippen molar-refractivity contribution in [2.24, 2.45) is 11.8 Å². The van der Waals surface area contributed by atoms with Gasteiger partial charge in [0.25, 0.3) is 0 Å². The highest BCUT2D eigenvalue weighted by molar-refractivity contribution is 6.74. The van der Waals surface area contributed by atoms with E-state index in [-0.39, 0.29) is 103 Å². The van der Waals surface area contributed by atoms with Crippen molar-refractivity contribution in [3.63, 3.8) is 0 Å². The van der Waals surface area contributed by atoms with Crippen molar-refractivity contribution in [1.82, 2.24) is 0 Å². The molecule has 0 aliphatic carbocycles. The second-order valence-corrected chi connectivity index (χ2v) is 37.3. The molecule has 8 saturated heterocycles. The lowest BCUT2D eigenvalue weighted by Crippen LogP contribution is -2.62. The molecule has 0 amide bonds. The quantitative estimate of drug-likeness (QED) is 0.0374. The van der Waals surface area contributed by atoms with E-state index in [1.807, 2.05) is 6.08 Å². The van der Waals surface area contributed by atoms with Gasteiger partial charge in [-0.2, -0.15) is 0 Å². The molecule has 15 heteroatoms. The SMILES string of the molecule is C=CCC1O[C@@H]2C3O[C@@H]4C[C@](CCC5CC(=C)C(CCC6CC(C)C(=C)C(C[C@@H]7O[C@H](CC(CO[Si](CC)(CC)CC)O[Si](CC)(CC)CC)[C@H](OC)C7CC=O)O6)O5)(OC3C1O[Si](CC)(CC)CC)OC24. The summed E-state index contributed by atoms with van der Waals surface area (Å²) in [6, 6.07) is 9.65. The van der Waals surface area contributed by atoms with Gasteiger partial charge in [-0.05, 0) is 110 Å². The molecule has 6 bridgehead atoms. The Kier molecular flexibility index (Phi) is 21.0. The number of carbonyl (C=O) groups is 1. The molecule has 72 heavy (non-hydrogen) atoms. The molecule has 8 heterocycles. The van der Waals surface area contributed by atoms with E-state index in [9.17, 15) is 4.79 Å². The molecule has 0 aromatic heterocycles. The summed E-state index contributed by atoms with van der Waals surface area (Å²) in [5.41, 5.74) is 2.25. The third-order valence-corrected chi connectivity index (χ3v) is 33.6. The Hall–Kier alpha value is -0.899. The van der Waals surface area contributed by atoms with Crippen LogP contribution >= 0.6 is 0 Å². The Morgan fingerprint density at radius 1 is 0.694 bits per heavy atom. The summed E-state index contributed by atoms with van der Waals surface area (Å²) in [6.45, 7) is 36.6. The third-order valence-electron chi connectivity index (χ3n) is 19.6. The Morgan fingerprint density at radius 3 is 1.96 bits per heavy atom. The van der Waals surface area contributed by atoms with E-state index in [0.29, 0.717) is 45.1 Å². The Morgan fingerprint density at radius 2 is 1.33 bits per heavy atom. The molecule has 0 saturated carbocycles. The predicted molar refractivity (Wildman–Crippen MR) is 292 cm³/mol. The molecule has 8 aliphatic rings. The molecule has 12 unspecified atom stereocenters. The number of hydrogen-bond donors (Lipinski definition) is 0. The van der Waals surface area contributed by atoms with E-state index in [2.05, 4.69) is 89.0 Å². The number of ether oxygens (including phenoxy) is 8. The van der Waals surface area contributed by atoms with E-state index in [1.54, 1.807) is 7.11 Å². The van der Waals surface area contributed by atoms with Crippen molar-refractivity contribution < 1.29 is 56.0 Å². The van der Waals surface area contributed by atoms with Crippen molar-refractivity contribution in [2.75, 3.05) is 13.7 Å². The molecule has 8 fully saturated rings. The number of carbonyl (C=O) groups excluding carboxylic acids is 1. The second kappa shape index (κ2) is 25.7. The summed E-state index contributed by atoms with van der Waals surface area (Å²) in [4.78, 5) is 12.3. The number of hydrogen-bond acceptors (Lipinski definition) is 12. The van der Waals surface area contributed by atoms with Crippen LogP contribution in [0.25, 0.3) is 0 Å². The summed E-state index contributed by atoms with van der Waals surface area (Å²) in [5.74, 6) is -0.573. The van der Waals surface area contributed by atoms with Crippen LogP contribution in [0.4, 0.5) is 0 Å². The van der Waals surface area contributed by atoms with Crippen LogP contribution in [0.2, 0.25) is 54.4 Å². The van der Waals surface area contributed by atoms with E-state index >= 15 is 0 Å². The van der Waals surface area contributed by atoms with Gasteiger partial charge in [0.2, 0.25) is 0 Å². The number of aldehydes is 1. The average Bonchev–Trinajstić information content (AvgIpc) is 4.08. The molecule has 18 atom stereocenters. The van der Waals surface area contributed by atoms with Gasteiger partial charge in [0.05, 0.1) is 67.6 Å². The van der Waals surface area contributed by atoms with Gasteiger partial charge < -0.3 is 56.0 Å². The Balaban J connectivity index is 0.962. The summed E-state index contributed by atoms with van der Waals surface area (Å²) in [7, 11) is -4.07. The zero-order valence-corrected chi connectivity index (χ0v) is 49.8. The van der Waals surface area contributed by atoms with Crippen LogP contribution in [0.5, 0.6) is 0 Å². The van der Waals surface area contributed by atoms with Crippen molar-refractivity contribution in [2.45, 2.75) is 292 Å². The lowest BCUT2D eigenvalue weighted by molar-refractivity contribution is -0.271. The fourth-order valence-electron chi connectivity index (χ4n) is 14.2. The van der Waals surface area contributed by atoms with Crippen LogP contribution < -0.4 is 0 Å². The van der Waals surface area contributed by atoms with E-state index in [0.717, 1.165) is 104 Å². The van der Waals surface area contributed by atoms with E-state index < -0.39 is 30.7 Å². The lowest BCUT2D eigenvalue weighted by Gasteiger charge is -2.47. The van der Waals surface area contributed by atoms with Gasteiger partial charge in [-0.25, -0.2) is 0 Å². The first-order chi connectivity index (χ1) is 34.6. The molecule has 12 nitrogen and oxygen atoms in total. The van der Waals surface area contributed by atoms with Gasteiger partial charge in [-0.15, -0.1) is 6.58 Å². The summed E-state index contributed by atoms with van der Waals surface area (Å²) < 4.78 is 76.3. The van der Waals surface area contributed by atoms with Crippen LogP contribution in [0.15, 0.2) is 37.0 Å². The summed E-state index contributed by atoms with van der Waals surface area (Å²) >= 11 is 0. The van der Waals surface area contributed by atoms with Crippen molar-refractivity contribution >= 4 is 31.2 Å². The maximum atomic E-state index is 12.3. The van der Waals surface area contributed by atoms with Gasteiger partial charge in [0, 0.05) is 45.1 Å². The normalized spacial score (nSPS) is 38.2. The average molecular weight is 1060 g/mol. The Bertz CT molecular complexity index is 1750. The maximum absolute atomic E-state index is 12.3. The molecular formula is C57H100O12Si3.